The summed E-state index contributed by atoms with van der Waals surface area (Å²) in [6, 6.07) is 22.2. The number of hydrogen-bond donors (Lipinski definition) is 7. The van der Waals surface area contributed by atoms with Crippen LogP contribution < -0.4 is 32.7 Å². The van der Waals surface area contributed by atoms with E-state index in [-0.39, 0.29) is 31.6 Å². The van der Waals surface area contributed by atoms with Crippen molar-refractivity contribution in [3.63, 3.8) is 0 Å². The van der Waals surface area contributed by atoms with Crippen molar-refractivity contribution in [2.75, 3.05) is 19.6 Å². The SMILES string of the molecule is NCC(=O)[C@H](Cc1cccs1)NC(=O)[C@@H](Cc1c[nH]c2ccccc12)NC(=O)[C@@H](Cc1cccc2ccccc12)NC(=O)C1(N)CCNCC1. The van der Waals surface area contributed by atoms with E-state index in [1.807, 2.05) is 90.4 Å². The molecule has 6 rings (SSSR count). The van der Waals surface area contributed by atoms with E-state index >= 15 is 0 Å². The summed E-state index contributed by atoms with van der Waals surface area (Å²) in [4.78, 5) is 59.4. The monoisotopic (exact) mass is 693 g/mol. The van der Waals surface area contributed by atoms with Crippen LogP contribution in [0.1, 0.15) is 28.8 Å². The number of H-pyrrole nitrogens is 1. The first-order valence-electron chi connectivity index (χ1n) is 16.9. The van der Waals surface area contributed by atoms with Crippen LogP contribution in [0.5, 0.6) is 0 Å². The molecule has 3 atom stereocenters. The molecule has 9 N–H and O–H groups in total. The maximum Gasteiger partial charge on any atom is 0.243 e. The number of rotatable bonds is 14. The van der Waals surface area contributed by atoms with Gasteiger partial charge in [0.25, 0.3) is 0 Å². The molecule has 0 bridgehead atoms. The van der Waals surface area contributed by atoms with Gasteiger partial charge in [-0.1, -0.05) is 66.7 Å². The van der Waals surface area contributed by atoms with Crippen molar-refractivity contribution in [1.82, 2.24) is 26.3 Å². The van der Waals surface area contributed by atoms with Crippen LogP contribution in [0, 0.1) is 0 Å². The van der Waals surface area contributed by atoms with Crippen LogP contribution in [0.3, 0.4) is 0 Å². The fourth-order valence-corrected chi connectivity index (χ4v) is 7.35. The van der Waals surface area contributed by atoms with Crippen molar-refractivity contribution in [3.8, 4) is 0 Å². The number of hydrogen-bond acceptors (Lipinski definition) is 8. The molecule has 3 heterocycles. The van der Waals surface area contributed by atoms with Crippen LogP contribution in [0.15, 0.2) is 90.4 Å². The van der Waals surface area contributed by atoms with Crippen molar-refractivity contribution >= 4 is 56.5 Å². The number of para-hydroxylation sites is 1. The highest BCUT2D eigenvalue weighted by atomic mass is 32.1. The third-order valence-corrected chi connectivity index (χ3v) is 10.4. The standard InChI is InChI=1S/C38H43N7O4S/c39-22-34(46)31(21-27-10-6-18-50-27)43-35(47)32(20-26-23-42-30-13-4-3-12-29(26)30)44-36(48)33(45-37(49)38(40)14-16-41-17-15-38)19-25-9-5-8-24-7-1-2-11-28(24)25/h1-13,18,23,31-33,41-42H,14-17,19-22,39-40H2,(H,43,47)(H,44,48)(H,45,49)/t31-,32+,33+/m0/s1. The number of thiophene rings is 1. The third kappa shape index (κ3) is 8.11. The van der Waals surface area contributed by atoms with Crippen LogP contribution in [0.4, 0.5) is 0 Å². The maximum atomic E-state index is 14.4. The van der Waals surface area contributed by atoms with E-state index in [1.165, 1.54) is 11.3 Å². The Morgan fingerprint density at radius 2 is 1.40 bits per heavy atom. The molecule has 0 saturated carbocycles. The molecule has 260 valence electrons. The van der Waals surface area contributed by atoms with Crippen molar-refractivity contribution in [2.45, 2.75) is 55.8 Å². The second-order valence-corrected chi connectivity index (χ2v) is 13.9. The molecule has 3 aromatic carbocycles. The number of benzene rings is 3. The van der Waals surface area contributed by atoms with Gasteiger partial charge in [0.1, 0.15) is 12.1 Å². The summed E-state index contributed by atoms with van der Waals surface area (Å²) in [5.74, 6) is -1.80. The molecule has 1 fully saturated rings. The van der Waals surface area contributed by atoms with Gasteiger partial charge >= 0.3 is 0 Å². The summed E-state index contributed by atoms with van der Waals surface area (Å²) in [6.45, 7) is 0.932. The highest BCUT2D eigenvalue weighted by molar-refractivity contribution is 7.09. The minimum atomic E-state index is -1.14. The Balaban J connectivity index is 1.31. The number of ketones is 1. The largest absolute Gasteiger partial charge is 0.361 e. The van der Waals surface area contributed by atoms with Crippen LogP contribution in [0.2, 0.25) is 0 Å². The quantitative estimate of drug-likeness (QED) is 0.0932. The lowest BCUT2D eigenvalue weighted by molar-refractivity contribution is -0.134. The molecular weight excluding hydrogens is 651 g/mol. The van der Waals surface area contributed by atoms with E-state index in [1.54, 1.807) is 0 Å². The third-order valence-electron chi connectivity index (χ3n) is 9.50. The van der Waals surface area contributed by atoms with Gasteiger partial charge in [-0.05, 0) is 65.3 Å². The van der Waals surface area contributed by atoms with E-state index in [2.05, 4.69) is 26.3 Å². The fraction of sp³-hybridized carbons (Fsp3) is 0.316. The van der Waals surface area contributed by atoms with E-state index in [0.717, 1.165) is 37.7 Å². The van der Waals surface area contributed by atoms with Crippen LogP contribution >= 0.6 is 11.3 Å². The van der Waals surface area contributed by atoms with E-state index < -0.39 is 41.4 Å². The van der Waals surface area contributed by atoms with Crippen molar-refractivity contribution in [3.05, 3.63) is 106 Å². The lowest BCUT2D eigenvalue weighted by Crippen LogP contribution is -2.63. The van der Waals surface area contributed by atoms with Crippen molar-refractivity contribution in [1.29, 1.82) is 0 Å². The first-order chi connectivity index (χ1) is 24.2. The predicted molar refractivity (Wildman–Crippen MR) is 197 cm³/mol. The number of aromatic amines is 1. The Kier molecular flexibility index (Phi) is 11.0. The molecule has 50 heavy (non-hydrogen) atoms. The minimum Gasteiger partial charge on any atom is -0.361 e. The van der Waals surface area contributed by atoms with Crippen LogP contribution in [-0.4, -0.2) is 71.8 Å². The molecule has 12 heteroatoms. The number of nitrogens with one attached hydrogen (secondary N) is 5. The molecule has 0 aliphatic carbocycles. The molecule has 5 aromatic rings. The average molecular weight is 694 g/mol. The van der Waals surface area contributed by atoms with Crippen molar-refractivity contribution in [2.24, 2.45) is 11.5 Å². The van der Waals surface area contributed by atoms with Gasteiger partial charge in [-0.3, -0.25) is 19.2 Å². The van der Waals surface area contributed by atoms with Gasteiger partial charge in [0.2, 0.25) is 17.7 Å². The average Bonchev–Trinajstić information content (AvgIpc) is 3.81. The summed E-state index contributed by atoms with van der Waals surface area (Å²) in [5, 5.41) is 16.8. The molecule has 0 unspecified atom stereocenters. The molecule has 2 aromatic heterocycles. The topological polar surface area (TPSA) is 184 Å². The highest BCUT2D eigenvalue weighted by Gasteiger charge is 2.38. The van der Waals surface area contributed by atoms with Gasteiger partial charge < -0.3 is 37.7 Å². The Morgan fingerprint density at radius 3 is 2.14 bits per heavy atom. The Labute approximate surface area is 294 Å². The van der Waals surface area contributed by atoms with Gasteiger partial charge in [0, 0.05) is 41.2 Å². The smallest absolute Gasteiger partial charge is 0.243 e. The molecule has 11 nitrogen and oxygen atoms in total. The lowest BCUT2D eigenvalue weighted by atomic mass is 9.88. The number of carbonyl (C=O) groups is 4. The summed E-state index contributed by atoms with van der Waals surface area (Å²) in [5.41, 5.74) is 13.8. The molecule has 1 saturated heterocycles. The molecule has 0 radical (unpaired) electrons. The Hall–Kier alpha value is -4.88. The number of carbonyl (C=O) groups excluding carboxylic acids is 4. The Morgan fingerprint density at radius 1 is 0.740 bits per heavy atom. The van der Waals surface area contributed by atoms with Crippen LogP contribution in [-0.2, 0) is 38.4 Å². The summed E-state index contributed by atoms with van der Waals surface area (Å²) in [7, 11) is 0. The number of amides is 3. The van der Waals surface area contributed by atoms with Gasteiger partial charge in [-0.15, -0.1) is 11.3 Å². The first-order valence-corrected chi connectivity index (χ1v) is 17.8. The minimum absolute atomic E-state index is 0.131. The van der Waals surface area contributed by atoms with E-state index in [9.17, 15) is 19.2 Å². The van der Waals surface area contributed by atoms with E-state index in [0.29, 0.717) is 25.9 Å². The Bertz CT molecular complexity index is 1960. The van der Waals surface area contributed by atoms with Gasteiger partial charge in [0.05, 0.1) is 18.1 Å². The van der Waals surface area contributed by atoms with Crippen LogP contribution in [0.25, 0.3) is 21.7 Å². The lowest BCUT2D eigenvalue weighted by Gasteiger charge is -2.34. The second-order valence-electron chi connectivity index (χ2n) is 12.9. The second kappa shape index (κ2) is 15.8. The predicted octanol–water partition coefficient (Wildman–Crippen LogP) is 2.47. The van der Waals surface area contributed by atoms with Gasteiger partial charge in [-0.25, -0.2) is 0 Å². The molecule has 3 amide bonds. The first kappa shape index (κ1) is 35.0. The molecular formula is C38H43N7O4S. The number of Topliss-reactive ketones (excluding diaryl/α,β-unsaturated/α-hetero) is 1. The zero-order valence-electron chi connectivity index (χ0n) is 27.7. The maximum absolute atomic E-state index is 14.4. The van der Waals surface area contributed by atoms with Crippen molar-refractivity contribution < 1.29 is 19.2 Å². The number of fused-ring (bicyclic) bond motifs is 2. The summed E-state index contributed by atoms with van der Waals surface area (Å²) >= 11 is 1.48. The van der Waals surface area contributed by atoms with E-state index in [4.69, 9.17) is 11.5 Å². The zero-order valence-corrected chi connectivity index (χ0v) is 28.6. The highest BCUT2D eigenvalue weighted by Crippen LogP contribution is 2.23. The molecule has 1 aliphatic heterocycles. The summed E-state index contributed by atoms with van der Waals surface area (Å²) < 4.78 is 0. The zero-order chi connectivity index (χ0) is 35.1. The summed E-state index contributed by atoms with van der Waals surface area (Å²) in [6.07, 6.45) is 3.24. The number of nitrogens with two attached hydrogens (primary N) is 2. The molecule has 1 aliphatic rings. The normalized spacial score (nSPS) is 16.0. The fourth-order valence-electron chi connectivity index (χ4n) is 6.59. The number of aromatic nitrogens is 1. The van der Waals surface area contributed by atoms with Gasteiger partial charge in [0.15, 0.2) is 5.78 Å². The molecule has 0 spiro atoms. The number of piperidine rings is 1. The van der Waals surface area contributed by atoms with Gasteiger partial charge in [-0.2, -0.15) is 0 Å².